The van der Waals surface area contributed by atoms with Gasteiger partial charge in [0.1, 0.15) is 0 Å². The Kier molecular flexibility index (Phi) is 5.97. The summed E-state index contributed by atoms with van der Waals surface area (Å²) < 4.78 is 0. The Hall–Kier alpha value is -0.724. The van der Waals surface area contributed by atoms with Crippen molar-refractivity contribution in [2.24, 2.45) is 11.7 Å². The predicted octanol–water partition coefficient (Wildman–Crippen LogP) is 0.112. The Morgan fingerprint density at radius 1 is 1.61 bits per heavy atom. The van der Waals surface area contributed by atoms with Crippen molar-refractivity contribution in [2.75, 3.05) is 0 Å². The third-order valence-corrected chi connectivity index (χ3v) is 4.16. The monoisotopic (exact) mass is 298 g/mol. The van der Waals surface area contributed by atoms with E-state index in [1.165, 1.54) is 0 Å². The fraction of sp³-hybridized carbons (Fsp3) is 0.750. The van der Waals surface area contributed by atoms with Gasteiger partial charge in [-0.3, -0.25) is 0 Å². The number of ketones is 1. The molecule has 0 aliphatic heterocycles. The molecule has 18 heavy (non-hydrogen) atoms. The number of primary amides is 1. The number of hydrogen-bond acceptors (Lipinski definition) is 4. The van der Waals surface area contributed by atoms with Gasteiger partial charge >= 0.3 is 115 Å². The molecule has 1 aliphatic rings. The Bertz CT molecular complexity index is 335. The third kappa shape index (κ3) is 4.18. The van der Waals surface area contributed by atoms with Crippen LogP contribution in [-0.4, -0.2) is 30.1 Å². The molecular weight excluding hydrogens is 279 g/mol. The molecule has 104 valence electrons. The number of nitrogens with two attached hydrogens (primary N) is 1. The minimum atomic E-state index is -0.500. The topological polar surface area (TPSA) is 89.3 Å². The van der Waals surface area contributed by atoms with Gasteiger partial charge in [-0.25, -0.2) is 0 Å². The second-order valence-corrected chi connectivity index (χ2v) is 5.45. The molecule has 0 bridgehead atoms. The number of amides is 1. The number of carbonyl (C=O) groups excluding carboxylic acids is 3. The number of Topliss-reactive ketones (excluding diaryl/α,β-unsaturated/α-hetero) is 1. The molecule has 0 heterocycles. The van der Waals surface area contributed by atoms with Crippen molar-refractivity contribution in [1.29, 1.82) is 0 Å². The van der Waals surface area contributed by atoms with Crippen molar-refractivity contribution in [3.8, 4) is 0 Å². The zero-order valence-electron chi connectivity index (χ0n) is 10.4. The van der Waals surface area contributed by atoms with E-state index in [0.717, 1.165) is 12.7 Å². The van der Waals surface area contributed by atoms with Gasteiger partial charge in [0.05, 0.1) is 0 Å². The molecule has 1 amide bonds. The van der Waals surface area contributed by atoms with Crippen molar-refractivity contribution < 1.29 is 30.1 Å². The first-order chi connectivity index (χ1) is 8.45. The van der Waals surface area contributed by atoms with Crippen LogP contribution in [0.5, 0.6) is 0 Å². The summed E-state index contributed by atoms with van der Waals surface area (Å²) in [6.07, 6.45) is 2.79. The van der Waals surface area contributed by atoms with Gasteiger partial charge in [-0.1, -0.05) is 0 Å². The molecule has 0 aromatic carbocycles. The fourth-order valence-corrected chi connectivity index (χ4v) is 2.47. The van der Waals surface area contributed by atoms with E-state index in [4.69, 9.17) is 5.73 Å². The van der Waals surface area contributed by atoms with Gasteiger partial charge < -0.3 is 0 Å². The van der Waals surface area contributed by atoms with Gasteiger partial charge in [-0.05, 0) is 0 Å². The summed E-state index contributed by atoms with van der Waals surface area (Å²) in [7, 11) is 0. The second-order valence-electron chi connectivity index (χ2n) is 4.80. The van der Waals surface area contributed by atoms with Gasteiger partial charge in [-0.2, -0.15) is 0 Å². The molecule has 0 saturated heterocycles. The van der Waals surface area contributed by atoms with Crippen LogP contribution >= 0.6 is 0 Å². The SMILES string of the molecule is CC1CCC(N[C@@H](C=O)CCC(N)=O)C(=O)[CH]1[Co]. The van der Waals surface area contributed by atoms with E-state index >= 15 is 0 Å². The molecule has 1 aliphatic carbocycles. The molecule has 1 saturated carbocycles. The molecule has 0 aromatic heterocycles. The summed E-state index contributed by atoms with van der Waals surface area (Å²) in [4.78, 5) is 33.3. The van der Waals surface area contributed by atoms with Crippen molar-refractivity contribution in [3.05, 3.63) is 0 Å². The Balaban J connectivity index is 2.51. The van der Waals surface area contributed by atoms with Crippen LogP contribution in [0.3, 0.4) is 0 Å². The van der Waals surface area contributed by atoms with Crippen molar-refractivity contribution in [1.82, 2.24) is 5.32 Å². The summed E-state index contributed by atoms with van der Waals surface area (Å²) in [6, 6.07) is -0.843. The zero-order valence-corrected chi connectivity index (χ0v) is 11.4. The van der Waals surface area contributed by atoms with Gasteiger partial charge in [0.25, 0.3) is 0 Å². The molecule has 1 rings (SSSR count). The predicted molar refractivity (Wildman–Crippen MR) is 62.4 cm³/mol. The minimum absolute atomic E-state index is 0.0275. The molecule has 4 atom stereocenters. The van der Waals surface area contributed by atoms with Crippen LogP contribution in [0.1, 0.15) is 32.6 Å². The third-order valence-electron chi connectivity index (χ3n) is 3.27. The average molecular weight is 298 g/mol. The summed E-state index contributed by atoms with van der Waals surface area (Å²) in [5.41, 5.74) is 5.03. The van der Waals surface area contributed by atoms with E-state index < -0.39 is 11.9 Å². The fourth-order valence-electron chi connectivity index (χ4n) is 2.09. The molecule has 6 heteroatoms. The van der Waals surface area contributed by atoms with E-state index in [0.29, 0.717) is 12.8 Å². The van der Waals surface area contributed by atoms with Gasteiger partial charge in [0.15, 0.2) is 0 Å². The quantitative estimate of drug-likeness (QED) is 0.681. The van der Waals surface area contributed by atoms with Gasteiger partial charge in [0.2, 0.25) is 0 Å². The summed E-state index contributed by atoms with van der Waals surface area (Å²) in [6.45, 7) is 1.99. The van der Waals surface area contributed by atoms with E-state index in [-0.39, 0.29) is 29.0 Å². The van der Waals surface area contributed by atoms with Crippen LogP contribution < -0.4 is 11.1 Å². The first kappa shape index (κ1) is 15.3. The molecule has 5 nitrogen and oxygen atoms in total. The van der Waals surface area contributed by atoms with E-state index in [9.17, 15) is 14.4 Å². The molecule has 3 N–H and O–H groups in total. The maximum atomic E-state index is 12.0. The van der Waals surface area contributed by atoms with E-state index in [2.05, 4.69) is 21.1 Å². The normalized spacial score (nSPS) is 29.9. The summed E-state index contributed by atoms with van der Waals surface area (Å²) in [5.74, 6) is -0.158. The van der Waals surface area contributed by atoms with Crippen LogP contribution in [0.15, 0.2) is 0 Å². The molecule has 3 unspecified atom stereocenters. The Labute approximate surface area is 115 Å². The number of aldehydes is 1. The van der Waals surface area contributed by atoms with Crippen LogP contribution in [0, 0.1) is 5.92 Å². The second kappa shape index (κ2) is 7.01. The van der Waals surface area contributed by atoms with Crippen LogP contribution in [-0.2, 0) is 30.1 Å². The molecule has 0 aromatic rings. The molecule has 0 radical (unpaired) electrons. The molecule has 0 spiro atoms. The number of nitrogens with one attached hydrogen (secondary N) is 1. The average Bonchev–Trinajstić information content (AvgIpc) is 2.34. The van der Waals surface area contributed by atoms with Gasteiger partial charge in [-0.15, -0.1) is 0 Å². The van der Waals surface area contributed by atoms with Gasteiger partial charge in [0, 0.05) is 0 Å². The van der Waals surface area contributed by atoms with E-state index in [1.54, 1.807) is 0 Å². The number of carbonyl (C=O) groups is 3. The summed E-state index contributed by atoms with van der Waals surface area (Å²) in [5, 5.41) is 2.99. The maximum absolute atomic E-state index is 12.0. The standard InChI is InChI=1S/C12H19N2O3.Co/c1-8-2-4-10(11(16)6-8)14-9(7-15)3-5-12(13)17;/h6-10,14H,2-5H2,1H3,(H2,13,17);/t8?,9-,10?;/m1./s1. The number of rotatable bonds is 6. The molecule has 1 fully saturated rings. The van der Waals surface area contributed by atoms with Crippen LogP contribution in [0.2, 0.25) is 4.85 Å². The first-order valence-corrected chi connectivity index (χ1v) is 6.70. The van der Waals surface area contributed by atoms with Crippen molar-refractivity contribution in [3.63, 3.8) is 0 Å². The first-order valence-electron chi connectivity index (χ1n) is 6.10. The van der Waals surface area contributed by atoms with Crippen molar-refractivity contribution in [2.45, 2.75) is 49.5 Å². The summed E-state index contributed by atoms with van der Waals surface area (Å²) >= 11 is 4.35. The van der Waals surface area contributed by atoms with Crippen molar-refractivity contribution >= 4 is 18.0 Å². The molecular formula is C12H19CoN2O3. The Morgan fingerprint density at radius 2 is 2.28 bits per heavy atom. The zero-order chi connectivity index (χ0) is 13.7. The Morgan fingerprint density at radius 3 is 2.83 bits per heavy atom. The van der Waals surface area contributed by atoms with Crippen LogP contribution in [0.25, 0.3) is 0 Å². The number of hydrogen-bond donors (Lipinski definition) is 2. The van der Waals surface area contributed by atoms with Crippen LogP contribution in [0.4, 0.5) is 0 Å². The van der Waals surface area contributed by atoms with E-state index in [1.807, 2.05) is 6.92 Å².